The third-order valence-electron chi connectivity index (χ3n) is 4.17. The summed E-state index contributed by atoms with van der Waals surface area (Å²) in [5.74, 6) is -0.958. The highest BCUT2D eigenvalue weighted by Gasteiger charge is 2.28. The van der Waals surface area contributed by atoms with E-state index in [1.54, 1.807) is 16.2 Å². The number of amides is 1. The molecule has 0 aliphatic carbocycles. The monoisotopic (exact) mass is 333 g/mol. The highest BCUT2D eigenvalue weighted by Crippen LogP contribution is 2.28. The number of fused-ring (bicyclic) bond motifs is 1. The van der Waals surface area contributed by atoms with Crippen molar-refractivity contribution in [3.8, 4) is 0 Å². The van der Waals surface area contributed by atoms with Crippen LogP contribution in [0.5, 0.6) is 0 Å². The van der Waals surface area contributed by atoms with Gasteiger partial charge in [-0.05, 0) is 18.9 Å². The van der Waals surface area contributed by atoms with Crippen molar-refractivity contribution >= 4 is 33.3 Å². The molecule has 0 radical (unpaired) electrons. The third-order valence-corrected chi connectivity index (χ3v) is 5.13. The number of rotatable bonds is 5. The van der Waals surface area contributed by atoms with Gasteiger partial charge in [0.05, 0.1) is 12.0 Å². The average Bonchev–Trinajstić information content (AvgIpc) is 2.99. The molecule has 1 N–H and O–H groups in total. The summed E-state index contributed by atoms with van der Waals surface area (Å²) in [6, 6.07) is 7.86. The van der Waals surface area contributed by atoms with E-state index in [1.165, 1.54) is 0 Å². The van der Waals surface area contributed by atoms with Gasteiger partial charge in [0, 0.05) is 41.3 Å². The lowest BCUT2D eigenvalue weighted by molar-refractivity contribution is -0.137. The summed E-state index contributed by atoms with van der Waals surface area (Å²) in [5, 5.41) is 11.8. The van der Waals surface area contributed by atoms with Crippen LogP contribution in [-0.4, -0.2) is 47.7 Å². The topological polar surface area (TPSA) is 66.8 Å². The largest absolute Gasteiger partial charge is 0.481 e. The number of carboxylic acids is 1. The lowest BCUT2D eigenvalue weighted by Gasteiger charge is -2.34. The minimum absolute atomic E-state index is 0.0365. The van der Waals surface area contributed by atoms with E-state index < -0.39 is 5.97 Å². The van der Waals surface area contributed by atoms with Gasteiger partial charge in [0.2, 0.25) is 0 Å². The number of aliphatic carboxylic acids is 1. The highest BCUT2D eigenvalue weighted by atomic mass is 32.1. The number of thiophene rings is 1. The molecule has 0 bridgehead atoms. The molecule has 0 saturated carbocycles. The molecule has 0 spiro atoms. The Balaban J connectivity index is 1.87. The third kappa shape index (κ3) is 3.54. The van der Waals surface area contributed by atoms with Gasteiger partial charge in [0.1, 0.15) is 0 Å². The zero-order valence-corrected chi connectivity index (χ0v) is 13.6. The lowest BCUT2D eigenvalue weighted by atomic mass is 10.0. The van der Waals surface area contributed by atoms with Crippen LogP contribution < -0.4 is 0 Å². The molecule has 1 fully saturated rings. The molecule has 23 heavy (non-hydrogen) atoms. The highest BCUT2D eigenvalue weighted by molar-refractivity contribution is 7.17. The number of carboxylic acid groups (broad SMARTS) is 1. The Morgan fingerprint density at radius 2 is 2.00 bits per heavy atom. The molecule has 1 aliphatic heterocycles. The number of hydrogen-bond acceptors (Lipinski definition) is 4. The summed E-state index contributed by atoms with van der Waals surface area (Å²) in [6.07, 6.45) is 1.48. The molecule has 3 rings (SSSR count). The van der Waals surface area contributed by atoms with E-state index in [0.717, 1.165) is 22.9 Å². The number of carbonyl (C=O) groups is 2. The predicted molar refractivity (Wildman–Crippen MR) is 89.0 cm³/mol. The van der Waals surface area contributed by atoms with Crippen LogP contribution in [-0.2, 0) is 9.53 Å². The maximum absolute atomic E-state index is 13.0. The van der Waals surface area contributed by atoms with Crippen LogP contribution in [0.25, 0.3) is 10.1 Å². The molecule has 6 heteroatoms. The Morgan fingerprint density at radius 1 is 1.26 bits per heavy atom. The quantitative estimate of drug-likeness (QED) is 0.913. The summed E-state index contributed by atoms with van der Waals surface area (Å²) in [4.78, 5) is 25.7. The fourth-order valence-corrected chi connectivity index (χ4v) is 3.90. The molecule has 2 heterocycles. The van der Waals surface area contributed by atoms with Crippen molar-refractivity contribution in [3.05, 3.63) is 35.2 Å². The number of hydrogen-bond donors (Lipinski definition) is 1. The van der Waals surface area contributed by atoms with Crippen LogP contribution in [0.2, 0.25) is 0 Å². The Kier molecular flexibility index (Phi) is 4.93. The summed E-state index contributed by atoms with van der Waals surface area (Å²) < 4.78 is 6.43. The second-order valence-electron chi connectivity index (χ2n) is 5.63. The van der Waals surface area contributed by atoms with Gasteiger partial charge in [-0.2, -0.15) is 0 Å². The maximum Gasteiger partial charge on any atom is 0.305 e. The second kappa shape index (κ2) is 7.10. The van der Waals surface area contributed by atoms with Crippen LogP contribution in [0.15, 0.2) is 29.6 Å². The van der Waals surface area contributed by atoms with E-state index >= 15 is 0 Å². The number of carbonyl (C=O) groups excluding carboxylic acids is 1. The van der Waals surface area contributed by atoms with Gasteiger partial charge in [-0.15, -0.1) is 11.3 Å². The first-order valence-electron chi connectivity index (χ1n) is 7.73. The fraction of sp³-hybridized carbons (Fsp3) is 0.412. The van der Waals surface area contributed by atoms with E-state index in [1.807, 2.05) is 29.6 Å². The van der Waals surface area contributed by atoms with E-state index in [0.29, 0.717) is 18.8 Å². The van der Waals surface area contributed by atoms with Crippen LogP contribution in [0.1, 0.15) is 29.6 Å². The molecule has 5 nitrogen and oxygen atoms in total. The number of nitrogens with zero attached hydrogens (tertiary/aromatic N) is 1. The Morgan fingerprint density at radius 3 is 2.74 bits per heavy atom. The molecule has 1 saturated heterocycles. The van der Waals surface area contributed by atoms with Gasteiger partial charge < -0.3 is 14.7 Å². The molecular weight excluding hydrogens is 314 g/mol. The van der Waals surface area contributed by atoms with Crippen LogP contribution in [0.4, 0.5) is 0 Å². The maximum atomic E-state index is 13.0. The first-order valence-corrected chi connectivity index (χ1v) is 8.61. The first-order chi connectivity index (χ1) is 11.2. The molecule has 122 valence electrons. The normalized spacial score (nSPS) is 15.7. The Bertz CT molecular complexity index is 705. The number of ether oxygens (including phenoxy) is 1. The first kappa shape index (κ1) is 16.0. The molecule has 1 aromatic carbocycles. The summed E-state index contributed by atoms with van der Waals surface area (Å²) in [6.45, 7) is 1.47. The average molecular weight is 333 g/mol. The molecular formula is C17H19NO4S. The summed E-state index contributed by atoms with van der Waals surface area (Å²) in [5.41, 5.74) is 0.669. The molecule has 1 aromatic heterocycles. The Labute approximate surface area is 138 Å². The van der Waals surface area contributed by atoms with Gasteiger partial charge in [-0.3, -0.25) is 9.59 Å². The molecule has 0 atom stereocenters. The van der Waals surface area contributed by atoms with E-state index in [4.69, 9.17) is 9.84 Å². The van der Waals surface area contributed by atoms with Crippen molar-refractivity contribution in [2.45, 2.75) is 25.3 Å². The minimum atomic E-state index is -0.884. The van der Waals surface area contributed by atoms with Gasteiger partial charge in [-0.25, -0.2) is 0 Å². The Hall–Kier alpha value is -1.92. The van der Waals surface area contributed by atoms with Gasteiger partial charge in [0.15, 0.2) is 0 Å². The smallest absolute Gasteiger partial charge is 0.305 e. The van der Waals surface area contributed by atoms with Gasteiger partial charge in [-0.1, -0.05) is 18.2 Å². The zero-order chi connectivity index (χ0) is 16.2. The molecule has 2 aromatic rings. The standard InChI is InChI=1S/C17H19NO4S/c19-16(20)5-8-18(12-6-9-22-10-7-12)17(21)14-11-23-15-4-2-1-3-13(14)15/h1-4,11-12H,5-10H2,(H,19,20). The second-order valence-corrected chi connectivity index (χ2v) is 6.54. The van der Waals surface area contributed by atoms with Crippen molar-refractivity contribution in [1.82, 2.24) is 4.90 Å². The minimum Gasteiger partial charge on any atom is -0.481 e. The van der Waals surface area contributed by atoms with E-state index in [9.17, 15) is 9.59 Å². The zero-order valence-electron chi connectivity index (χ0n) is 12.7. The summed E-state index contributed by atoms with van der Waals surface area (Å²) >= 11 is 1.54. The van der Waals surface area contributed by atoms with Crippen molar-refractivity contribution in [3.63, 3.8) is 0 Å². The van der Waals surface area contributed by atoms with E-state index in [-0.39, 0.29) is 24.9 Å². The van der Waals surface area contributed by atoms with Gasteiger partial charge in [0.25, 0.3) is 5.91 Å². The van der Waals surface area contributed by atoms with Crippen molar-refractivity contribution < 1.29 is 19.4 Å². The van der Waals surface area contributed by atoms with Crippen molar-refractivity contribution in [2.24, 2.45) is 0 Å². The summed E-state index contributed by atoms with van der Waals surface area (Å²) in [7, 11) is 0. The molecule has 1 amide bonds. The van der Waals surface area contributed by atoms with E-state index in [2.05, 4.69) is 0 Å². The van der Waals surface area contributed by atoms with Gasteiger partial charge >= 0.3 is 5.97 Å². The lowest BCUT2D eigenvalue weighted by Crippen LogP contribution is -2.44. The molecule has 0 unspecified atom stereocenters. The van der Waals surface area contributed by atoms with Crippen LogP contribution in [0.3, 0.4) is 0 Å². The van der Waals surface area contributed by atoms with Crippen LogP contribution in [0, 0.1) is 0 Å². The number of benzene rings is 1. The SMILES string of the molecule is O=C(O)CCN(C(=O)c1csc2ccccc12)C1CCOCC1. The van der Waals surface area contributed by atoms with Crippen LogP contribution >= 0.6 is 11.3 Å². The predicted octanol–water partition coefficient (Wildman–Crippen LogP) is 3.00. The molecule has 1 aliphatic rings. The van der Waals surface area contributed by atoms with Crippen molar-refractivity contribution in [2.75, 3.05) is 19.8 Å². The fourth-order valence-electron chi connectivity index (χ4n) is 2.96. The van der Waals surface area contributed by atoms with Crippen molar-refractivity contribution in [1.29, 1.82) is 0 Å².